The molecule has 3 N–H and O–H groups in total. The van der Waals surface area contributed by atoms with Gasteiger partial charge in [-0.25, -0.2) is 0 Å². The van der Waals surface area contributed by atoms with Crippen LogP contribution in [-0.2, 0) is 4.79 Å². The Hall–Kier alpha value is -2.24. The van der Waals surface area contributed by atoms with Crippen molar-refractivity contribution in [2.24, 2.45) is 0 Å². The van der Waals surface area contributed by atoms with Crippen LogP contribution in [0.2, 0.25) is 0 Å². The number of likely N-dealkylation sites (tertiary alicyclic amines) is 1. The Morgan fingerprint density at radius 1 is 1.15 bits per heavy atom. The van der Waals surface area contributed by atoms with Crippen LogP contribution >= 0.6 is 0 Å². The summed E-state index contributed by atoms with van der Waals surface area (Å²) in [5, 5.41) is 21.3. The molecule has 2 amide bonds. The molecule has 1 fully saturated rings. The van der Waals surface area contributed by atoms with Crippen molar-refractivity contribution in [2.45, 2.75) is 25.8 Å². The predicted octanol–water partition coefficient (Wildman–Crippen LogP) is 0.839. The average Bonchev–Trinajstić information content (AvgIpc) is 2.90. The zero-order valence-electron chi connectivity index (χ0n) is 11.3. The summed E-state index contributed by atoms with van der Waals surface area (Å²) in [5.41, 5.74) is 0.114. The summed E-state index contributed by atoms with van der Waals surface area (Å²) >= 11 is 0. The molecule has 0 aromatic heterocycles. The first-order valence-electron chi connectivity index (χ1n) is 6.60. The molecule has 1 heterocycles. The van der Waals surface area contributed by atoms with Gasteiger partial charge in [-0.1, -0.05) is 0 Å². The summed E-state index contributed by atoms with van der Waals surface area (Å²) in [6, 6.07) is 2.98. The predicted molar refractivity (Wildman–Crippen MR) is 72.5 cm³/mol. The van der Waals surface area contributed by atoms with E-state index in [4.69, 9.17) is 0 Å². The Balaban J connectivity index is 2.01. The number of rotatable bonds is 3. The van der Waals surface area contributed by atoms with Gasteiger partial charge in [0.05, 0.1) is 0 Å². The van der Waals surface area contributed by atoms with Crippen molar-refractivity contribution in [3.8, 4) is 11.5 Å². The lowest BCUT2D eigenvalue weighted by Gasteiger charge is -2.21. The van der Waals surface area contributed by atoms with Gasteiger partial charge in [0.15, 0.2) is 0 Å². The molecule has 0 aliphatic carbocycles. The van der Waals surface area contributed by atoms with Crippen LogP contribution < -0.4 is 5.32 Å². The summed E-state index contributed by atoms with van der Waals surface area (Å²) in [6.45, 7) is 3.08. The molecule has 1 atom stereocenters. The van der Waals surface area contributed by atoms with Gasteiger partial charge in [-0.2, -0.15) is 0 Å². The molecule has 1 saturated heterocycles. The summed E-state index contributed by atoms with van der Waals surface area (Å²) in [6.07, 6.45) is 1.99. The quantitative estimate of drug-likeness (QED) is 0.764. The lowest BCUT2D eigenvalue weighted by Crippen LogP contribution is -2.45. The Kier molecular flexibility index (Phi) is 4.12. The van der Waals surface area contributed by atoms with Gasteiger partial charge in [0.25, 0.3) is 5.91 Å². The first-order valence-corrected chi connectivity index (χ1v) is 6.60. The molecule has 1 aromatic carbocycles. The zero-order valence-corrected chi connectivity index (χ0v) is 11.3. The van der Waals surface area contributed by atoms with Gasteiger partial charge in [0.2, 0.25) is 5.91 Å². The first-order chi connectivity index (χ1) is 9.47. The van der Waals surface area contributed by atoms with Gasteiger partial charge < -0.3 is 20.4 Å². The van der Waals surface area contributed by atoms with Crippen LogP contribution in [-0.4, -0.2) is 46.1 Å². The average molecular weight is 278 g/mol. The lowest BCUT2D eigenvalue weighted by atomic mass is 10.1. The fourth-order valence-electron chi connectivity index (χ4n) is 2.28. The number of nitrogens with zero attached hydrogens (tertiary/aromatic N) is 1. The van der Waals surface area contributed by atoms with Crippen molar-refractivity contribution in [1.82, 2.24) is 10.2 Å². The zero-order chi connectivity index (χ0) is 14.7. The molecule has 20 heavy (non-hydrogen) atoms. The van der Waals surface area contributed by atoms with Gasteiger partial charge in [0.1, 0.15) is 17.5 Å². The fourth-order valence-corrected chi connectivity index (χ4v) is 2.28. The lowest BCUT2D eigenvalue weighted by molar-refractivity contribution is -0.131. The Bertz CT molecular complexity index is 504. The van der Waals surface area contributed by atoms with E-state index in [0.717, 1.165) is 32.0 Å². The summed E-state index contributed by atoms with van der Waals surface area (Å²) in [7, 11) is 0. The van der Waals surface area contributed by atoms with Gasteiger partial charge in [-0.3, -0.25) is 9.59 Å². The number of phenols is 2. The summed E-state index contributed by atoms with van der Waals surface area (Å²) in [4.78, 5) is 25.8. The second-order valence-corrected chi connectivity index (χ2v) is 4.97. The molecular weight excluding hydrogens is 260 g/mol. The third-order valence-electron chi connectivity index (χ3n) is 3.30. The number of hydrogen-bond donors (Lipinski definition) is 3. The van der Waals surface area contributed by atoms with Crippen LogP contribution in [0.15, 0.2) is 18.2 Å². The van der Waals surface area contributed by atoms with Crippen LogP contribution in [0.25, 0.3) is 0 Å². The number of aromatic hydroxyl groups is 2. The maximum absolute atomic E-state index is 12.1. The van der Waals surface area contributed by atoms with Crippen molar-refractivity contribution in [3.05, 3.63) is 23.8 Å². The monoisotopic (exact) mass is 278 g/mol. The standard InChI is InChI=1S/C14H18N2O4/c1-9(14(20)16-4-2-3-5-16)15-13(19)10-6-11(17)8-12(18)7-10/h6-9,17-18H,2-5H2,1H3,(H,15,19). The number of carbonyl (C=O) groups is 2. The van der Waals surface area contributed by atoms with Crippen LogP contribution in [0.5, 0.6) is 11.5 Å². The molecule has 2 rings (SSSR count). The molecule has 0 saturated carbocycles. The normalized spacial score (nSPS) is 15.9. The number of hydrogen-bond acceptors (Lipinski definition) is 4. The minimum absolute atomic E-state index is 0.111. The molecule has 1 aromatic rings. The maximum atomic E-state index is 12.1. The maximum Gasteiger partial charge on any atom is 0.252 e. The molecule has 108 valence electrons. The van der Waals surface area contributed by atoms with E-state index in [0.29, 0.717) is 0 Å². The number of nitrogens with one attached hydrogen (secondary N) is 1. The van der Waals surface area contributed by atoms with Crippen LogP contribution in [0.4, 0.5) is 0 Å². The van der Waals surface area contributed by atoms with Crippen molar-refractivity contribution in [3.63, 3.8) is 0 Å². The third-order valence-corrected chi connectivity index (χ3v) is 3.30. The van der Waals surface area contributed by atoms with Crippen LogP contribution in [0.1, 0.15) is 30.1 Å². The number of amides is 2. The number of benzene rings is 1. The molecule has 1 unspecified atom stereocenters. The van der Waals surface area contributed by atoms with E-state index in [-0.39, 0.29) is 23.0 Å². The van der Waals surface area contributed by atoms with Crippen LogP contribution in [0.3, 0.4) is 0 Å². The number of carbonyl (C=O) groups excluding carboxylic acids is 2. The van der Waals surface area contributed by atoms with Gasteiger partial charge in [-0.05, 0) is 31.9 Å². The minimum atomic E-state index is -0.634. The SMILES string of the molecule is CC(NC(=O)c1cc(O)cc(O)c1)C(=O)N1CCCC1. The fraction of sp³-hybridized carbons (Fsp3) is 0.429. The highest BCUT2D eigenvalue weighted by molar-refractivity contribution is 5.98. The van der Waals surface area contributed by atoms with Crippen LogP contribution in [0, 0.1) is 0 Å². The van der Waals surface area contributed by atoms with E-state index in [1.54, 1.807) is 11.8 Å². The minimum Gasteiger partial charge on any atom is -0.508 e. The summed E-state index contributed by atoms with van der Waals surface area (Å²) < 4.78 is 0. The van der Waals surface area contributed by atoms with Gasteiger partial charge >= 0.3 is 0 Å². The van der Waals surface area contributed by atoms with Gasteiger partial charge in [0, 0.05) is 24.7 Å². The number of phenolic OH excluding ortho intramolecular Hbond substituents is 2. The van der Waals surface area contributed by atoms with E-state index in [2.05, 4.69) is 5.32 Å². The second kappa shape index (κ2) is 5.81. The molecule has 1 aliphatic heterocycles. The Labute approximate surface area is 117 Å². The van der Waals surface area contributed by atoms with E-state index >= 15 is 0 Å². The van der Waals surface area contributed by atoms with Crippen molar-refractivity contribution in [2.75, 3.05) is 13.1 Å². The Morgan fingerprint density at radius 2 is 1.70 bits per heavy atom. The smallest absolute Gasteiger partial charge is 0.252 e. The van der Waals surface area contributed by atoms with Crippen molar-refractivity contribution < 1.29 is 19.8 Å². The van der Waals surface area contributed by atoms with E-state index < -0.39 is 11.9 Å². The first kappa shape index (κ1) is 14.2. The van der Waals surface area contributed by atoms with E-state index in [1.807, 2.05) is 0 Å². The molecule has 1 aliphatic rings. The molecule has 6 heteroatoms. The molecule has 0 bridgehead atoms. The van der Waals surface area contributed by atoms with Gasteiger partial charge in [-0.15, -0.1) is 0 Å². The topological polar surface area (TPSA) is 89.9 Å². The van der Waals surface area contributed by atoms with E-state index in [9.17, 15) is 19.8 Å². The van der Waals surface area contributed by atoms with E-state index in [1.165, 1.54) is 12.1 Å². The largest absolute Gasteiger partial charge is 0.508 e. The van der Waals surface area contributed by atoms with Crippen molar-refractivity contribution >= 4 is 11.8 Å². The van der Waals surface area contributed by atoms with Crippen molar-refractivity contribution in [1.29, 1.82) is 0 Å². The third kappa shape index (κ3) is 3.20. The second-order valence-electron chi connectivity index (χ2n) is 4.97. The highest BCUT2D eigenvalue weighted by atomic mass is 16.3. The Morgan fingerprint density at radius 3 is 2.25 bits per heavy atom. The highest BCUT2D eigenvalue weighted by Crippen LogP contribution is 2.20. The highest BCUT2D eigenvalue weighted by Gasteiger charge is 2.24. The molecule has 0 spiro atoms. The molecular formula is C14H18N2O4. The summed E-state index contributed by atoms with van der Waals surface area (Å²) in [5.74, 6) is -1.01. The molecule has 0 radical (unpaired) electrons. The molecule has 6 nitrogen and oxygen atoms in total.